The van der Waals surface area contributed by atoms with Gasteiger partial charge < -0.3 is 15.0 Å². The van der Waals surface area contributed by atoms with Crippen molar-refractivity contribution in [3.63, 3.8) is 0 Å². The predicted octanol–water partition coefficient (Wildman–Crippen LogP) is 3.22. The number of amides is 2. The van der Waals surface area contributed by atoms with Crippen LogP contribution in [-0.2, 0) is 17.7 Å². The van der Waals surface area contributed by atoms with E-state index >= 15 is 0 Å². The number of methoxy groups -OCH3 is 1. The quantitative estimate of drug-likeness (QED) is 0.855. The van der Waals surface area contributed by atoms with E-state index in [4.69, 9.17) is 4.74 Å². The molecule has 3 rings (SSSR count). The second kappa shape index (κ2) is 7.00. The number of fused-ring (bicyclic) bond motifs is 1. The van der Waals surface area contributed by atoms with Crippen LogP contribution in [0.4, 0.5) is 10.5 Å². The van der Waals surface area contributed by atoms with Gasteiger partial charge in [-0.25, -0.2) is 4.79 Å². The number of carbonyl (C=O) groups is 2. The summed E-state index contributed by atoms with van der Waals surface area (Å²) in [5.74, 6) is -0.201. The highest BCUT2D eigenvalue weighted by molar-refractivity contribution is 9.10. The predicted molar refractivity (Wildman–Crippen MR) is 92.9 cm³/mol. The lowest BCUT2D eigenvalue weighted by Gasteiger charge is -2.28. The Morgan fingerprint density at radius 1 is 1.25 bits per heavy atom. The third-order valence-electron chi connectivity index (χ3n) is 3.92. The monoisotopic (exact) mass is 389 g/mol. The van der Waals surface area contributed by atoms with Crippen LogP contribution in [0.3, 0.4) is 0 Å². The minimum absolute atomic E-state index is 0.201. The summed E-state index contributed by atoms with van der Waals surface area (Å²) in [5.41, 5.74) is 3.06. The zero-order valence-corrected chi connectivity index (χ0v) is 14.7. The average Bonchev–Trinajstić information content (AvgIpc) is 2.61. The molecule has 0 fully saturated rings. The van der Waals surface area contributed by atoms with E-state index in [0.717, 1.165) is 15.6 Å². The first-order valence-corrected chi connectivity index (χ1v) is 8.23. The van der Waals surface area contributed by atoms with Gasteiger partial charge in [0.2, 0.25) is 0 Å². The number of benzene rings is 1. The molecule has 0 saturated carbocycles. The molecule has 1 aromatic heterocycles. The summed E-state index contributed by atoms with van der Waals surface area (Å²) in [6.07, 6.45) is 3.49. The Hall–Kier alpha value is -2.41. The van der Waals surface area contributed by atoms with Gasteiger partial charge in [-0.2, -0.15) is 0 Å². The lowest BCUT2D eigenvalue weighted by Crippen LogP contribution is -2.36. The molecule has 2 amide bonds. The van der Waals surface area contributed by atoms with E-state index in [-0.39, 0.29) is 12.0 Å². The molecule has 6 nitrogen and oxygen atoms in total. The highest BCUT2D eigenvalue weighted by Crippen LogP contribution is 2.23. The smallest absolute Gasteiger partial charge is 0.409 e. The largest absolute Gasteiger partial charge is 0.453 e. The second-order valence-corrected chi connectivity index (χ2v) is 6.34. The molecule has 1 aliphatic rings. The molecule has 0 radical (unpaired) electrons. The summed E-state index contributed by atoms with van der Waals surface area (Å²) in [7, 11) is 1.36. The summed E-state index contributed by atoms with van der Waals surface area (Å²) in [6.45, 7) is 0.913. The van der Waals surface area contributed by atoms with Crippen LogP contribution in [0, 0.1) is 0 Å². The van der Waals surface area contributed by atoms with Crippen LogP contribution in [0.5, 0.6) is 0 Å². The summed E-state index contributed by atoms with van der Waals surface area (Å²) in [6, 6.07) is 7.37. The highest BCUT2D eigenvalue weighted by atomic mass is 79.9. The van der Waals surface area contributed by atoms with Gasteiger partial charge in [-0.1, -0.05) is 15.9 Å². The summed E-state index contributed by atoms with van der Waals surface area (Å²) in [5, 5.41) is 2.88. The molecule has 0 atom stereocenters. The van der Waals surface area contributed by atoms with Gasteiger partial charge in [-0.15, -0.1) is 0 Å². The molecule has 7 heteroatoms. The van der Waals surface area contributed by atoms with E-state index in [1.165, 1.54) is 7.11 Å². The van der Waals surface area contributed by atoms with Gasteiger partial charge in [0.1, 0.15) is 0 Å². The van der Waals surface area contributed by atoms with Gasteiger partial charge in [0.15, 0.2) is 0 Å². The zero-order chi connectivity index (χ0) is 17.1. The van der Waals surface area contributed by atoms with Crippen LogP contribution < -0.4 is 5.32 Å². The van der Waals surface area contributed by atoms with Gasteiger partial charge in [0, 0.05) is 29.1 Å². The van der Waals surface area contributed by atoms with E-state index in [0.29, 0.717) is 30.8 Å². The van der Waals surface area contributed by atoms with Crippen molar-refractivity contribution in [3.05, 3.63) is 57.8 Å². The Balaban J connectivity index is 1.81. The van der Waals surface area contributed by atoms with Crippen LogP contribution in [0.2, 0.25) is 0 Å². The maximum absolute atomic E-state index is 12.6. The molecular weight excluding hydrogens is 374 g/mol. The van der Waals surface area contributed by atoms with Crippen molar-refractivity contribution >= 4 is 33.6 Å². The number of halogens is 1. The summed E-state index contributed by atoms with van der Waals surface area (Å²) in [4.78, 5) is 30.0. The van der Waals surface area contributed by atoms with E-state index in [2.05, 4.69) is 26.2 Å². The van der Waals surface area contributed by atoms with Crippen molar-refractivity contribution in [2.24, 2.45) is 0 Å². The number of nitrogens with one attached hydrogen (secondary N) is 1. The standard InChI is InChI=1S/C17H16BrN3O3/c1-24-17(23)21-7-6-14-11(10-21)8-19-9-15(14)16(22)20-13-4-2-12(18)3-5-13/h2-5,8-9H,6-7,10H2,1H3,(H,20,22). The third-order valence-corrected chi connectivity index (χ3v) is 4.45. The van der Waals surface area contributed by atoms with Gasteiger partial charge >= 0.3 is 6.09 Å². The molecule has 0 unspecified atom stereocenters. The molecular formula is C17H16BrN3O3. The summed E-state index contributed by atoms with van der Waals surface area (Å²) < 4.78 is 5.70. The van der Waals surface area contributed by atoms with Gasteiger partial charge in [-0.05, 0) is 41.8 Å². The maximum atomic E-state index is 12.6. The normalized spacial score (nSPS) is 13.2. The second-order valence-electron chi connectivity index (χ2n) is 5.43. The minimum atomic E-state index is -0.370. The van der Waals surface area contributed by atoms with E-state index < -0.39 is 0 Å². The Bertz CT molecular complexity index is 777. The molecule has 1 N–H and O–H groups in total. The van der Waals surface area contributed by atoms with Crippen molar-refractivity contribution in [1.82, 2.24) is 9.88 Å². The molecule has 0 spiro atoms. The molecule has 1 aliphatic heterocycles. The Labute approximate surface area is 148 Å². The van der Waals surface area contributed by atoms with E-state index in [9.17, 15) is 9.59 Å². The SMILES string of the molecule is COC(=O)N1CCc2c(cncc2C(=O)Nc2ccc(Br)cc2)C1. The number of hydrogen-bond acceptors (Lipinski definition) is 4. The Morgan fingerprint density at radius 3 is 2.71 bits per heavy atom. The molecule has 2 heterocycles. The van der Waals surface area contributed by atoms with Crippen molar-refractivity contribution in [1.29, 1.82) is 0 Å². The van der Waals surface area contributed by atoms with Crippen LogP contribution in [0.15, 0.2) is 41.1 Å². The van der Waals surface area contributed by atoms with Crippen molar-refractivity contribution in [3.8, 4) is 0 Å². The molecule has 0 aliphatic carbocycles. The fraction of sp³-hybridized carbons (Fsp3) is 0.235. The molecule has 2 aromatic rings. The van der Waals surface area contributed by atoms with Crippen molar-refractivity contribution in [2.45, 2.75) is 13.0 Å². The lowest BCUT2D eigenvalue weighted by molar-refractivity contribution is 0.102. The molecule has 1 aromatic carbocycles. The van der Waals surface area contributed by atoms with Gasteiger partial charge in [0.05, 0.1) is 19.2 Å². The topological polar surface area (TPSA) is 71.5 Å². The average molecular weight is 390 g/mol. The number of pyridine rings is 1. The first-order chi connectivity index (χ1) is 11.6. The Morgan fingerprint density at radius 2 is 2.00 bits per heavy atom. The molecule has 24 heavy (non-hydrogen) atoms. The van der Waals surface area contributed by atoms with Crippen LogP contribution >= 0.6 is 15.9 Å². The number of carbonyl (C=O) groups excluding carboxylic acids is 2. The number of hydrogen-bond donors (Lipinski definition) is 1. The number of anilines is 1. The first kappa shape index (κ1) is 16.4. The molecule has 124 valence electrons. The van der Waals surface area contributed by atoms with Crippen LogP contribution in [-0.4, -0.2) is 35.5 Å². The minimum Gasteiger partial charge on any atom is -0.453 e. The van der Waals surface area contributed by atoms with E-state index in [1.807, 2.05) is 24.3 Å². The van der Waals surface area contributed by atoms with E-state index in [1.54, 1.807) is 17.3 Å². The number of nitrogens with zero attached hydrogens (tertiary/aromatic N) is 2. The number of aromatic nitrogens is 1. The molecule has 0 saturated heterocycles. The highest BCUT2D eigenvalue weighted by Gasteiger charge is 2.25. The fourth-order valence-electron chi connectivity index (χ4n) is 2.71. The zero-order valence-electron chi connectivity index (χ0n) is 13.1. The van der Waals surface area contributed by atoms with Crippen LogP contribution in [0.25, 0.3) is 0 Å². The number of ether oxygens (including phenoxy) is 1. The van der Waals surface area contributed by atoms with Crippen molar-refractivity contribution < 1.29 is 14.3 Å². The Kier molecular flexibility index (Phi) is 4.80. The first-order valence-electron chi connectivity index (χ1n) is 7.44. The fourth-order valence-corrected chi connectivity index (χ4v) is 2.97. The van der Waals surface area contributed by atoms with Gasteiger partial charge in [0.25, 0.3) is 5.91 Å². The van der Waals surface area contributed by atoms with Crippen LogP contribution in [0.1, 0.15) is 21.5 Å². The van der Waals surface area contributed by atoms with Gasteiger partial charge in [-0.3, -0.25) is 9.78 Å². The lowest BCUT2D eigenvalue weighted by atomic mass is 9.97. The maximum Gasteiger partial charge on any atom is 0.409 e. The third kappa shape index (κ3) is 3.41. The van der Waals surface area contributed by atoms with Crippen molar-refractivity contribution in [2.75, 3.05) is 19.0 Å². The molecule has 0 bridgehead atoms. The summed E-state index contributed by atoms with van der Waals surface area (Å²) >= 11 is 3.36. The number of rotatable bonds is 2.